The summed E-state index contributed by atoms with van der Waals surface area (Å²) >= 11 is 0. The second kappa shape index (κ2) is 9.19. The highest BCUT2D eigenvalue weighted by Crippen LogP contribution is 2.46. The number of amides is 1. The predicted octanol–water partition coefficient (Wildman–Crippen LogP) is 2.66. The van der Waals surface area contributed by atoms with Crippen molar-refractivity contribution < 1.29 is 4.79 Å². The van der Waals surface area contributed by atoms with Gasteiger partial charge in [-0.1, -0.05) is 19.6 Å². The number of carbonyl (C=O) groups is 1. The molecular formula is C26H34BN6O2. The predicted molar refractivity (Wildman–Crippen MR) is 141 cm³/mol. The zero-order valence-corrected chi connectivity index (χ0v) is 20.6. The summed E-state index contributed by atoms with van der Waals surface area (Å²) in [7, 11) is 2.29. The number of aryl methyl sites for hydroxylation is 1. The fourth-order valence-electron chi connectivity index (χ4n) is 5.64. The number of hydrogen-bond donors (Lipinski definition) is 4. The van der Waals surface area contributed by atoms with Crippen LogP contribution in [0.25, 0.3) is 0 Å². The Morgan fingerprint density at radius 2 is 1.97 bits per heavy atom. The fourth-order valence-corrected chi connectivity index (χ4v) is 5.64. The number of nitrogens with two attached hydrogens (primary N) is 1. The molecule has 0 unspecified atom stereocenters. The van der Waals surface area contributed by atoms with Crippen molar-refractivity contribution in [2.24, 2.45) is 16.1 Å². The van der Waals surface area contributed by atoms with Crippen LogP contribution in [0.3, 0.4) is 0 Å². The molecule has 3 aliphatic heterocycles. The van der Waals surface area contributed by atoms with Crippen molar-refractivity contribution in [3.8, 4) is 0 Å². The Morgan fingerprint density at radius 1 is 1.23 bits per heavy atom. The van der Waals surface area contributed by atoms with E-state index < -0.39 is 0 Å². The number of pyridine rings is 1. The quantitative estimate of drug-likeness (QED) is 0.293. The molecule has 0 atom stereocenters. The minimum absolute atomic E-state index is 0.0707. The van der Waals surface area contributed by atoms with Crippen LogP contribution in [0, 0.1) is 12.3 Å². The zero-order valence-electron chi connectivity index (χ0n) is 20.6. The van der Waals surface area contributed by atoms with E-state index in [1.54, 1.807) is 12.3 Å². The maximum Gasteiger partial charge on any atom is 0.261 e. The average Bonchev–Trinajstić information content (AvgIpc) is 2.78. The number of piperidine rings is 1. The van der Waals surface area contributed by atoms with Crippen molar-refractivity contribution in [1.29, 1.82) is 0 Å². The first-order chi connectivity index (χ1) is 16.8. The lowest BCUT2D eigenvalue weighted by Crippen LogP contribution is -2.62. The number of nitrogens with one attached hydrogen (secondary N) is 3. The third kappa shape index (κ3) is 4.49. The number of likely N-dealkylation sites (tertiary alicyclic amines) is 1. The van der Waals surface area contributed by atoms with Gasteiger partial charge in [0.1, 0.15) is 18.7 Å². The van der Waals surface area contributed by atoms with Gasteiger partial charge in [-0.25, -0.2) is 4.99 Å². The van der Waals surface area contributed by atoms with E-state index in [0.717, 1.165) is 63.6 Å². The van der Waals surface area contributed by atoms with Crippen LogP contribution in [0.2, 0.25) is 12.6 Å². The van der Waals surface area contributed by atoms with E-state index in [1.807, 2.05) is 30.0 Å². The van der Waals surface area contributed by atoms with Crippen molar-refractivity contribution in [3.63, 3.8) is 0 Å². The SMILES string of the molecule is CCC1(Nc2cc[nH]c(=O)c2C(N)=Nc2ccc(C(=O)N3CC4(C[B]C4)C3)c(C)c2)CCNCC1. The Kier molecular flexibility index (Phi) is 6.21. The maximum absolute atomic E-state index is 13.0. The standard InChI is InChI=1S/C26H34BN6O2/c1-3-26(7-10-29-11-8-26)32-20-6-9-30-23(34)21(20)22(28)31-18-4-5-19(17(2)12-18)24(35)33-15-25(16-33)13-27-14-25/h4-6,9,12,29H,3,7-8,10-11,13-16H2,1-2H3,(H2,28,31)(H2,30,32,34). The summed E-state index contributed by atoms with van der Waals surface area (Å²) in [5, 5.41) is 7.02. The first-order valence-electron chi connectivity index (χ1n) is 12.6. The molecule has 0 bridgehead atoms. The Balaban J connectivity index is 1.37. The lowest BCUT2D eigenvalue weighted by Gasteiger charge is -2.56. The monoisotopic (exact) mass is 473 g/mol. The molecule has 1 spiro atoms. The number of aromatic nitrogens is 1. The summed E-state index contributed by atoms with van der Waals surface area (Å²) < 4.78 is 0. The van der Waals surface area contributed by atoms with E-state index in [9.17, 15) is 9.59 Å². The minimum atomic E-state index is -0.278. The normalized spacial score (nSPS) is 20.5. The first kappa shape index (κ1) is 23.7. The van der Waals surface area contributed by atoms with Crippen molar-refractivity contribution in [2.75, 3.05) is 31.5 Å². The first-order valence-corrected chi connectivity index (χ1v) is 12.6. The molecular weight excluding hydrogens is 439 g/mol. The number of rotatable bonds is 6. The summed E-state index contributed by atoms with van der Waals surface area (Å²) in [5.74, 6) is 0.222. The van der Waals surface area contributed by atoms with Crippen LogP contribution in [0.15, 0.2) is 40.2 Å². The molecule has 4 heterocycles. The third-order valence-corrected chi connectivity index (χ3v) is 8.04. The second-order valence-electron chi connectivity index (χ2n) is 10.5. The van der Waals surface area contributed by atoms with E-state index in [4.69, 9.17) is 5.73 Å². The van der Waals surface area contributed by atoms with Gasteiger partial charge in [0.25, 0.3) is 11.5 Å². The number of nitrogens with zero attached hydrogens (tertiary/aromatic N) is 2. The molecule has 1 amide bonds. The van der Waals surface area contributed by atoms with E-state index >= 15 is 0 Å². The Labute approximate surface area is 207 Å². The molecule has 5 N–H and O–H groups in total. The second-order valence-corrected chi connectivity index (χ2v) is 10.5. The topological polar surface area (TPSA) is 116 Å². The average molecular weight is 473 g/mol. The van der Waals surface area contributed by atoms with Gasteiger partial charge in [-0.05, 0) is 74.5 Å². The molecule has 3 fully saturated rings. The molecule has 1 aromatic heterocycles. The molecule has 3 saturated heterocycles. The highest BCUT2D eigenvalue weighted by Gasteiger charge is 2.49. The maximum atomic E-state index is 13.0. The Bertz CT molecular complexity index is 1200. The summed E-state index contributed by atoms with van der Waals surface area (Å²) in [6, 6.07) is 7.32. The van der Waals surface area contributed by atoms with Crippen LogP contribution >= 0.6 is 0 Å². The number of carbonyl (C=O) groups excluding carboxylic acids is 1. The van der Waals surface area contributed by atoms with Gasteiger partial charge in [-0.15, -0.1) is 0 Å². The number of anilines is 1. The number of H-pyrrole nitrogens is 1. The van der Waals surface area contributed by atoms with Crippen molar-refractivity contribution in [3.05, 3.63) is 57.5 Å². The highest BCUT2D eigenvalue weighted by molar-refractivity contribution is 6.40. The molecule has 2 aromatic rings. The Morgan fingerprint density at radius 3 is 2.60 bits per heavy atom. The van der Waals surface area contributed by atoms with Gasteiger partial charge in [-0.3, -0.25) is 9.59 Å². The zero-order chi connectivity index (χ0) is 24.6. The lowest BCUT2D eigenvalue weighted by molar-refractivity contribution is 0.0165. The molecule has 8 nitrogen and oxygen atoms in total. The highest BCUT2D eigenvalue weighted by atomic mass is 16.2. The van der Waals surface area contributed by atoms with Gasteiger partial charge in [0, 0.05) is 30.4 Å². The molecule has 1 radical (unpaired) electrons. The van der Waals surface area contributed by atoms with Crippen LogP contribution in [0.4, 0.5) is 11.4 Å². The summed E-state index contributed by atoms with van der Waals surface area (Å²) in [4.78, 5) is 35.0. The van der Waals surface area contributed by atoms with Gasteiger partial charge in [0.2, 0.25) is 0 Å². The van der Waals surface area contributed by atoms with Crippen molar-refractivity contribution >= 4 is 30.4 Å². The number of amidine groups is 1. The van der Waals surface area contributed by atoms with Gasteiger partial charge in [-0.2, -0.15) is 0 Å². The van der Waals surface area contributed by atoms with Gasteiger partial charge < -0.3 is 26.3 Å². The smallest absolute Gasteiger partial charge is 0.261 e. The molecule has 35 heavy (non-hydrogen) atoms. The molecule has 183 valence electrons. The molecule has 3 aliphatic rings. The van der Waals surface area contributed by atoms with Crippen LogP contribution in [-0.4, -0.2) is 60.6 Å². The van der Waals surface area contributed by atoms with Crippen molar-refractivity contribution in [2.45, 2.75) is 51.3 Å². The van der Waals surface area contributed by atoms with Crippen LogP contribution in [-0.2, 0) is 0 Å². The van der Waals surface area contributed by atoms with Crippen molar-refractivity contribution in [1.82, 2.24) is 15.2 Å². The van der Waals surface area contributed by atoms with E-state index in [0.29, 0.717) is 27.9 Å². The van der Waals surface area contributed by atoms with E-state index in [2.05, 4.69) is 34.8 Å². The Hall–Kier alpha value is -3.07. The van der Waals surface area contributed by atoms with Gasteiger partial charge in [0.05, 0.1) is 11.4 Å². The molecule has 5 rings (SSSR count). The van der Waals surface area contributed by atoms with E-state index in [-0.39, 0.29) is 22.8 Å². The van der Waals surface area contributed by atoms with Gasteiger partial charge >= 0.3 is 0 Å². The van der Waals surface area contributed by atoms with E-state index in [1.165, 1.54) is 0 Å². The minimum Gasteiger partial charge on any atom is -0.383 e. The van der Waals surface area contributed by atoms with Crippen LogP contribution < -0.4 is 21.9 Å². The summed E-state index contributed by atoms with van der Waals surface area (Å²) in [6.07, 6.45) is 6.76. The number of benzene rings is 1. The number of hydrogen-bond acceptors (Lipinski definition) is 5. The largest absolute Gasteiger partial charge is 0.383 e. The fraction of sp³-hybridized carbons (Fsp3) is 0.500. The summed E-state index contributed by atoms with van der Waals surface area (Å²) in [6.45, 7) is 7.64. The molecule has 0 saturated carbocycles. The van der Waals surface area contributed by atoms with Crippen LogP contribution in [0.5, 0.6) is 0 Å². The number of aliphatic imine (C=N–C) groups is 1. The van der Waals surface area contributed by atoms with Crippen LogP contribution in [0.1, 0.15) is 47.7 Å². The number of aromatic amines is 1. The molecule has 0 aliphatic carbocycles. The lowest BCUT2D eigenvalue weighted by atomic mass is 9.40. The van der Waals surface area contributed by atoms with Gasteiger partial charge in [0.15, 0.2) is 0 Å². The summed E-state index contributed by atoms with van der Waals surface area (Å²) in [5.41, 5.74) is 9.59. The molecule has 9 heteroatoms. The molecule has 1 aromatic carbocycles. The third-order valence-electron chi connectivity index (χ3n) is 8.04.